The van der Waals surface area contributed by atoms with Crippen LogP contribution in [0.15, 0.2) is 21.5 Å². The number of rotatable bonds is 1. The van der Waals surface area contributed by atoms with E-state index in [1.807, 2.05) is 0 Å². The summed E-state index contributed by atoms with van der Waals surface area (Å²) in [6.07, 6.45) is 1.47. The van der Waals surface area contributed by atoms with Crippen LogP contribution in [0.2, 0.25) is 0 Å². The van der Waals surface area contributed by atoms with Crippen molar-refractivity contribution >= 4 is 34.8 Å². The van der Waals surface area contributed by atoms with E-state index in [0.717, 1.165) is 0 Å². The fraction of sp³-hybridized carbons (Fsp3) is 0. The van der Waals surface area contributed by atoms with Gasteiger partial charge in [-0.05, 0) is 0 Å². The molecule has 0 bridgehead atoms. The normalized spacial score (nSPS) is 14.1. The molecule has 44 valence electrons. The van der Waals surface area contributed by atoms with Gasteiger partial charge >= 0.3 is 0 Å². The highest BCUT2D eigenvalue weighted by atomic mass is 35.5. The van der Waals surface area contributed by atoms with Gasteiger partial charge in [0.15, 0.2) is 5.76 Å². The lowest BCUT2D eigenvalue weighted by Crippen LogP contribution is -1.65. The molecule has 0 unspecified atom stereocenters. The van der Waals surface area contributed by atoms with Crippen molar-refractivity contribution in [2.45, 2.75) is 0 Å². The van der Waals surface area contributed by atoms with Crippen molar-refractivity contribution in [2.24, 2.45) is 0 Å². The lowest BCUT2D eigenvalue weighted by Gasteiger charge is -1.83. The summed E-state index contributed by atoms with van der Waals surface area (Å²) in [5.41, 5.74) is 0. The maximum Gasteiger partial charge on any atom is 0.182 e. The minimum absolute atomic E-state index is 0.0374. The summed E-state index contributed by atoms with van der Waals surface area (Å²) in [6, 6.07) is 0. The lowest BCUT2D eigenvalue weighted by atomic mass is 10.6. The third-order valence-corrected chi connectivity index (χ3v) is 1.56. The van der Waals surface area contributed by atoms with Gasteiger partial charge in [0, 0.05) is 0 Å². The summed E-state index contributed by atoms with van der Waals surface area (Å²) in [7, 11) is 0. The summed E-state index contributed by atoms with van der Waals surface area (Å²) in [4.78, 5) is 0. The van der Waals surface area contributed by atoms with Crippen LogP contribution >= 0.6 is 34.8 Å². The fourth-order valence-electron chi connectivity index (χ4n) is 0.226. The van der Waals surface area contributed by atoms with Gasteiger partial charge in [0.25, 0.3) is 0 Å². The summed E-state index contributed by atoms with van der Waals surface area (Å²) >= 11 is 15.9. The third kappa shape index (κ3) is 1.31. The van der Waals surface area contributed by atoms with Crippen LogP contribution in [-0.2, 0) is 4.74 Å². The van der Waals surface area contributed by atoms with Crippen molar-refractivity contribution in [1.29, 1.82) is 0 Å². The highest BCUT2D eigenvalue weighted by molar-refractivity contribution is 6.59. The van der Waals surface area contributed by atoms with E-state index in [-0.39, 0.29) is 9.52 Å². The first-order valence-corrected chi connectivity index (χ1v) is 2.93. The molecular formula is C4HCl3O. The molecule has 0 aromatic carbocycles. The monoisotopic (exact) mass is 170 g/mol. The van der Waals surface area contributed by atoms with Crippen LogP contribution in [-0.4, -0.2) is 0 Å². The van der Waals surface area contributed by atoms with E-state index in [9.17, 15) is 0 Å². The zero-order chi connectivity index (χ0) is 6.15. The van der Waals surface area contributed by atoms with Gasteiger partial charge in [0.1, 0.15) is 15.8 Å². The topological polar surface area (TPSA) is 12.5 Å². The quantitative estimate of drug-likeness (QED) is 0.591. The predicted molar refractivity (Wildman–Crippen MR) is 33.8 cm³/mol. The van der Waals surface area contributed by atoms with Crippen LogP contribution in [0.25, 0.3) is 0 Å². The smallest absolute Gasteiger partial charge is 0.182 e. The molecule has 1 aliphatic rings. The molecule has 1 nitrogen and oxygen atoms in total. The van der Waals surface area contributed by atoms with E-state index >= 15 is 0 Å². The average Bonchev–Trinajstić information content (AvgIpc) is 2.43. The SMILES string of the molecule is ClC(Cl)=C(Cl)C1=CO1. The van der Waals surface area contributed by atoms with E-state index in [1.165, 1.54) is 6.26 Å². The molecule has 8 heavy (non-hydrogen) atoms. The maximum atomic E-state index is 5.44. The van der Waals surface area contributed by atoms with Crippen LogP contribution in [0.4, 0.5) is 0 Å². The number of halogens is 3. The Kier molecular flexibility index (Phi) is 1.71. The zero-order valence-electron chi connectivity index (χ0n) is 3.62. The highest BCUT2D eigenvalue weighted by Crippen LogP contribution is 2.32. The van der Waals surface area contributed by atoms with Crippen molar-refractivity contribution < 1.29 is 4.74 Å². The molecule has 0 radical (unpaired) electrons. The molecule has 0 atom stereocenters. The summed E-state index contributed by atoms with van der Waals surface area (Å²) in [5.74, 6) is 0.548. The lowest BCUT2D eigenvalue weighted by molar-refractivity contribution is 0.513. The Morgan fingerprint density at radius 1 is 1.38 bits per heavy atom. The summed E-state index contributed by atoms with van der Waals surface area (Å²) in [6.45, 7) is 0. The molecule has 0 fully saturated rings. The molecule has 0 aromatic rings. The van der Waals surface area contributed by atoms with Crippen LogP contribution in [0, 0.1) is 0 Å². The first kappa shape index (κ1) is 6.27. The Morgan fingerprint density at radius 3 is 2.00 bits per heavy atom. The Balaban J connectivity index is 2.69. The number of hydrogen-bond donors (Lipinski definition) is 0. The van der Waals surface area contributed by atoms with Crippen LogP contribution in [0.1, 0.15) is 0 Å². The molecule has 1 rings (SSSR count). The molecule has 0 N–H and O–H groups in total. The van der Waals surface area contributed by atoms with Crippen molar-refractivity contribution in [3.8, 4) is 0 Å². The molecule has 1 aliphatic heterocycles. The standard InChI is InChI=1S/C4HCl3O/c5-3(4(6)7)2-1-8-2/h1H. The Bertz CT molecular complexity index is 166. The Hall–Kier alpha value is 0.150. The van der Waals surface area contributed by atoms with Gasteiger partial charge in [0.2, 0.25) is 0 Å². The van der Waals surface area contributed by atoms with Gasteiger partial charge in [-0.3, -0.25) is 0 Å². The van der Waals surface area contributed by atoms with Gasteiger partial charge in [-0.2, -0.15) is 0 Å². The zero-order valence-corrected chi connectivity index (χ0v) is 5.89. The molecular weight excluding hydrogens is 170 g/mol. The second kappa shape index (κ2) is 2.18. The predicted octanol–water partition coefficient (Wildman–Crippen LogP) is 2.74. The average molecular weight is 171 g/mol. The van der Waals surface area contributed by atoms with Crippen LogP contribution in [0.3, 0.4) is 0 Å². The Labute approximate surface area is 61.5 Å². The highest BCUT2D eigenvalue weighted by Gasteiger charge is 2.16. The largest absolute Gasteiger partial charge is 0.456 e. The van der Waals surface area contributed by atoms with Crippen molar-refractivity contribution in [3.05, 3.63) is 21.5 Å². The molecule has 0 saturated carbocycles. The van der Waals surface area contributed by atoms with E-state index in [1.54, 1.807) is 0 Å². The van der Waals surface area contributed by atoms with Gasteiger partial charge in [-0.1, -0.05) is 34.8 Å². The minimum atomic E-state index is 0.0374. The van der Waals surface area contributed by atoms with Gasteiger partial charge < -0.3 is 4.74 Å². The molecule has 0 spiro atoms. The molecule has 0 aromatic heterocycles. The second-order valence-corrected chi connectivity index (χ2v) is 2.50. The number of ether oxygens (including phenoxy) is 1. The van der Waals surface area contributed by atoms with Gasteiger partial charge in [-0.15, -0.1) is 0 Å². The number of allylic oxidation sites excluding steroid dienone is 1. The minimum Gasteiger partial charge on any atom is -0.456 e. The first-order chi connectivity index (χ1) is 3.72. The Morgan fingerprint density at radius 2 is 1.88 bits per heavy atom. The maximum absolute atomic E-state index is 5.44. The van der Waals surface area contributed by atoms with Crippen molar-refractivity contribution in [1.82, 2.24) is 0 Å². The van der Waals surface area contributed by atoms with E-state index in [0.29, 0.717) is 5.76 Å². The summed E-state index contributed by atoms with van der Waals surface area (Å²) in [5, 5.41) is 0.272. The van der Waals surface area contributed by atoms with Crippen LogP contribution in [0.5, 0.6) is 0 Å². The van der Waals surface area contributed by atoms with E-state index in [2.05, 4.69) is 4.74 Å². The van der Waals surface area contributed by atoms with E-state index in [4.69, 9.17) is 34.8 Å². The molecule has 0 aliphatic carbocycles. The second-order valence-electron chi connectivity index (χ2n) is 1.17. The van der Waals surface area contributed by atoms with Crippen molar-refractivity contribution in [2.75, 3.05) is 0 Å². The fourth-order valence-corrected chi connectivity index (χ4v) is 0.501. The van der Waals surface area contributed by atoms with Gasteiger partial charge in [0.05, 0.1) is 0 Å². The van der Waals surface area contributed by atoms with Gasteiger partial charge in [-0.25, -0.2) is 0 Å². The third-order valence-electron chi connectivity index (χ3n) is 0.618. The first-order valence-electron chi connectivity index (χ1n) is 1.80. The number of hydrogen-bond acceptors (Lipinski definition) is 1. The van der Waals surface area contributed by atoms with Crippen LogP contribution < -0.4 is 0 Å². The van der Waals surface area contributed by atoms with Crippen molar-refractivity contribution in [3.63, 3.8) is 0 Å². The molecule has 0 saturated heterocycles. The molecule has 4 heteroatoms. The molecule has 1 heterocycles. The summed E-state index contributed by atoms with van der Waals surface area (Å²) < 4.78 is 4.60. The molecule has 0 amide bonds. The van der Waals surface area contributed by atoms with E-state index < -0.39 is 0 Å².